The second kappa shape index (κ2) is 4.21. The SMILES string of the molecule is CCC(=O)C(C)Cc1cn(C)cn1. The molecule has 0 fully saturated rings. The van der Waals surface area contributed by atoms with Gasteiger partial charge in [0.2, 0.25) is 0 Å². The molecule has 0 radical (unpaired) electrons. The van der Waals surface area contributed by atoms with Crippen molar-refractivity contribution >= 4 is 5.78 Å². The zero-order valence-corrected chi connectivity index (χ0v) is 8.45. The first-order valence-corrected chi connectivity index (χ1v) is 4.63. The fourth-order valence-electron chi connectivity index (χ4n) is 1.35. The van der Waals surface area contributed by atoms with E-state index in [-0.39, 0.29) is 5.92 Å². The van der Waals surface area contributed by atoms with Gasteiger partial charge in [-0.3, -0.25) is 4.79 Å². The van der Waals surface area contributed by atoms with Crippen LogP contribution in [0.25, 0.3) is 0 Å². The van der Waals surface area contributed by atoms with Crippen molar-refractivity contribution in [2.75, 3.05) is 0 Å². The van der Waals surface area contributed by atoms with Gasteiger partial charge in [-0.25, -0.2) is 4.98 Å². The largest absolute Gasteiger partial charge is 0.340 e. The standard InChI is InChI=1S/C10H16N2O/c1-4-10(13)8(2)5-9-6-12(3)7-11-9/h6-8H,4-5H2,1-3H3. The van der Waals surface area contributed by atoms with Crippen molar-refractivity contribution in [3.63, 3.8) is 0 Å². The third-order valence-electron chi connectivity index (χ3n) is 2.17. The van der Waals surface area contributed by atoms with Gasteiger partial charge in [0.1, 0.15) is 5.78 Å². The Hall–Kier alpha value is -1.12. The minimum absolute atomic E-state index is 0.0971. The first kappa shape index (κ1) is 9.96. The summed E-state index contributed by atoms with van der Waals surface area (Å²) >= 11 is 0. The predicted octanol–water partition coefficient (Wildman–Crippen LogP) is 1.58. The van der Waals surface area contributed by atoms with Crippen LogP contribution in [0.3, 0.4) is 0 Å². The molecule has 0 bridgehead atoms. The summed E-state index contributed by atoms with van der Waals surface area (Å²) in [5, 5.41) is 0. The molecule has 1 heterocycles. The highest BCUT2D eigenvalue weighted by Gasteiger charge is 2.12. The zero-order chi connectivity index (χ0) is 9.84. The minimum atomic E-state index is 0.0971. The van der Waals surface area contributed by atoms with Crippen molar-refractivity contribution in [1.82, 2.24) is 9.55 Å². The van der Waals surface area contributed by atoms with Gasteiger partial charge in [-0.2, -0.15) is 0 Å². The van der Waals surface area contributed by atoms with E-state index >= 15 is 0 Å². The number of carbonyl (C=O) groups excluding carboxylic acids is 1. The molecule has 1 rings (SSSR count). The number of rotatable bonds is 4. The van der Waals surface area contributed by atoms with Crippen LogP contribution in [0.2, 0.25) is 0 Å². The third kappa shape index (κ3) is 2.68. The number of aromatic nitrogens is 2. The van der Waals surface area contributed by atoms with E-state index in [2.05, 4.69) is 4.98 Å². The maximum atomic E-state index is 11.3. The lowest BCUT2D eigenvalue weighted by Crippen LogP contribution is -2.12. The monoisotopic (exact) mass is 180 g/mol. The van der Waals surface area contributed by atoms with Crippen molar-refractivity contribution in [3.05, 3.63) is 18.2 Å². The van der Waals surface area contributed by atoms with E-state index in [9.17, 15) is 4.79 Å². The van der Waals surface area contributed by atoms with Gasteiger partial charge in [0.15, 0.2) is 0 Å². The van der Waals surface area contributed by atoms with E-state index in [0.717, 1.165) is 12.1 Å². The summed E-state index contributed by atoms with van der Waals surface area (Å²) < 4.78 is 1.90. The molecule has 0 saturated heterocycles. The van der Waals surface area contributed by atoms with Gasteiger partial charge in [0.05, 0.1) is 12.0 Å². The van der Waals surface area contributed by atoms with Crippen LogP contribution in [-0.4, -0.2) is 15.3 Å². The van der Waals surface area contributed by atoms with Gasteiger partial charge in [0, 0.05) is 32.0 Å². The highest BCUT2D eigenvalue weighted by atomic mass is 16.1. The van der Waals surface area contributed by atoms with Crippen LogP contribution < -0.4 is 0 Å². The van der Waals surface area contributed by atoms with E-state index in [1.165, 1.54) is 0 Å². The number of carbonyl (C=O) groups is 1. The molecule has 0 amide bonds. The molecule has 3 nitrogen and oxygen atoms in total. The van der Waals surface area contributed by atoms with Gasteiger partial charge < -0.3 is 4.57 Å². The molecule has 1 unspecified atom stereocenters. The summed E-state index contributed by atoms with van der Waals surface area (Å²) in [5.74, 6) is 0.408. The molecule has 0 spiro atoms. The van der Waals surface area contributed by atoms with Crippen molar-refractivity contribution < 1.29 is 4.79 Å². The Morgan fingerprint density at radius 2 is 2.38 bits per heavy atom. The lowest BCUT2D eigenvalue weighted by molar-refractivity contribution is -0.122. The van der Waals surface area contributed by atoms with E-state index in [1.807, 2.05) is 31.7 Å². The number of imidazole rings is 1. The van der Waals surface area contributed by atoms with Crippen molar-refractivity contribution in [2.24, 2.45) is 13.0 Å². The molecule has 1 aromatic rings. The number of hydrogen-bond acceptors (Lipinski definition) is 2. The third-order valence-corrected chi connectivity index (χ3v) is 2.17. The van der Waals surface area contributed by atoms with E-state index < -0.39 is 0 Å². The molecule has 13 heavy (non-hydrogen) atoms. The second-order valence-electron chi connectivity index (χ2n) is 3.46. The van der Waals surface area contributed by atoms with E-state index in [4.69, 9.17) is 0 Å². The number of hydrogen-bond donors (Lipinski definition) is 0. The predicted molar refractivity (Wildman–Crippen MR) is 51.4 cm³/mol. The number of Topliss-reactive ketones (excluding diaryl/α,β-unsaturated/α-hetero) is 1. The molecule has 0 aliphatic rings. The van der Waals surface area contributed by atoms with Crippen LogP contribution >= 0.6 is 0 Å². The summed E-state index contributed by atoms with van der Waals surface area (Å²) in [7, 11) is 1.93. The topological polar surface area (TPSA) is 34.9 Å². The average molecular weight is 180 g/mol. The van der Waals surface area contributed by atoms with Crippen LogP contribution in [0.1, 0.15) is 26.0 Å². The molecule has 3 heteroatoms. The molecule has 0 N–H and O–H groups in total. The van der Waals surface area contributed by atoms with Crippen molar-refractivity contribution in [1.29, 1.82) is 0 Å². The lowest BCUT2D eigenvalue weighted by Gasteiger charge is -2.05. The lowest BCUT2D eigenvalue weighted by atomic mass is 9.99. The summed E-state index contributed by atoms with van der Waals surface area (Å²) in [6.45, 7) is 3.86. The minimum Gasteiger partial charge on any atom is -0.340 e. The van der Waals surface area contributed by atoms with Gasteiger partial charge in [-0.05, 0) is 0 Å². The van der Waals surface area contributed by atoms with E-state index in [1.54, 1.807) is 6.33 Å². The molecule has 0 aromatic carbocycles. The number of aryl methyl sites for hydroxylation is 1. The van der Waals surface area contributed by atoms with Crippen LogP contribution in [0.4, 0.5) is 0 Å². The molecule has 0 aliphatic heterocycles. The fraction of sp³-hybridized carbons (Fsp3) is 0.600. The van der Waals surface area contributed by atoms with Crippen molar-refractivity contribution in [3.8, 4) is 0 Å². The van der Waals surface area contributed by atoms with Crippen LogP contribution in [0.5, 0.6) is 0 Å². The normalized spacial score (nSPS) is 12.8. The molecule has 0 aliphatic carbocycles. The summed E-state index contributed by atoms with van der Waals surface area (Å²) in [6.07, 6.45) is 5.10. The Morgan fingerprint density at radius 1 is 1.69 bits per heavy atom. The molecule has 0 saturated carbocycles. The summed E-state index contributed by atoms with van der Waals surface area (Å²) in [5.41, 5.74) is 0.997. The summed E-state index contributed by atoms with van der Waals surface area (Å²) in [4.78, 5) is 15.5. The van der Waals surface area contributed by atoms with E-state index in [0.29, 0.717) is 12.2 Å². The molecular weight excluding hydrogens is 164 g/mol. The second-order valence-corrected chi connectivity index (χ2v) is 3.46. The Labute approximate surface area is 78.8 Å². The fourth-order valence-corrected chi connectivity index (χ4v) is 1.35. The highest BCUT2D eigenvalue weighted by Crippen LogP contribution is 2.08. The first-order chi connectivity index (χ1) is 6.13. The Morgan fingerprint density at radius 3 is 2.85 bits per heavy atom. The maximum absolute atomic E-state index is 11.3. The van der Waals surface area contributed by atoms with Gasteiger partial charge in [0.25, 0.3) is 0 Å². The Kier molecular flexibility index (Phi) is 3.23. The number of ketones is 1. The average Bonchev–Trinajstić information content (AvgIpc) is 2.49. The Balaban J connectivity index is 2.54. The van der Waals surface area contributed by atoms with Crippen molar-refractivity contribution in [2.45, 2.75) is 26.7 Å². The molecule has 1 aromatic heterocycles. The molecular formula is C10H16N2O. The highest BCUT2D eigenvalue weighted by molar-refractivity contribution is 5.80. The quantitative estimate of drug-likeness (QED) is 0.705. The van der Waals surface area contributed by atoms with Gasteiger partial charge in [-0.1, -0.05) is 13.8 Å². The molecule has 1 atom stereocenters. The Bertz CT molecular complexity index is 291. The van der Waals surface area contributed by atoms with Crippen LogP contribution in [0.15, 0.2) is 12.5 Å². The molecule has 72 valence electrons. The first-order valence-electron chi connectivity index (χ1n) is 4.63. The summed E-state index contributed by atoms with van der Waals surface area (Å²) in [6, 6.07) is 0. The zero-order valence-electron chi connectivity index (χ0n) is 8.45. The number of nitrogens with zero attached hydrogens (tertiary/aromatic N) is 2. The van der Waals surface area contributed by atoms with Crippen LogP contribution in [0, 0.1) is 5.92 Å². The van der Waals surface area contributed by atoms with Crippen LogP contribution in [-0.2, 0) is 18.3 Å². The van der Waals surface area contributed by atoms with Gasteiger partial charge >= 0.3 is 0 Å². The maximum Gasteiger partial charge on any atom is 0.135 e. The van der Waals surface area contributed by atoms with Gasteiger partial charge in [-0.15, -0.1) is 0 Å². The smallest absolute Gasteiger partial charge is 0.135 e.